The maximum Gasteiger partial charge on any atom is 0.320 e. The van der Waals surface area contributed by atoms with Gasteiger partial charge in [0.05, 0.1) is 26.9 Å². The molecule has 0 saturated heterocycles. The van der Waals surface area contributed by atoms with Crippen LogP contribution >= 0.6 is 0 Å². The van der Waals surface area contributed by atoms with Crippen molar-refractivity contribution in [3.05, 3.63) is 29.8 Å². The molecule has 0 aliphatic rings. The first-order valence-electron chi connectivity index (χ1n) is 8.16. The van der Waals surface area contributed by atoms with Crippen molar-refractivity contribution in [1.82, 2.24) is 0 Å². The molecule has 0 heterocycles. The van der Waals surface area contributed by atoms with Crippen molar-refractivity contribution in [3.63, 3.8) is 0 Å². The molecule has 1 rings (SSSR count). The summed E-state index contributed by atoms with van der Waals surface area (Å²) in [6.07, 6.45) is 0.915. The Balaban J connectivity index is 2.35. The minimum atomic E-state index is -0.880. The van der Waals surface area contributed by atoms with Crippen LogP contribution in [-0.4, -0.2) is 38.9 Å². The van der Waals surface area contributed by atoms with Gasteiger partial charge in [-0.2, -0.15) is 0 Å². The second kappa shape index (κ2) is 11.5. The first-order valence-corrected chi connectivity index (χ1v) is 8.16. The Bertz CT molecular complexity index is 479. The minimum absolute atomic E-state index is 0.239. The van der Waals surface area contributed by atoms with Gasteiger partial charge in [-0.05, 0) is 44.4 Å². The summed E-state index contributed by atoms with van der Waals surface area (Å²) in [5.41, 5.74) is 1.03. The number of esters is 2. The molecule has 24 heavy (non-hydrogen) atoms. The van der Waals surface area contributed by atoms with Gasteiger partial charge in [0.2, 0.25) is 0 Å². The molecule has 0 amide bonds. The van der Waals surface area contributed by atoms with Gasteiger partial charge in [0.1, 0.15) is 5.75 Å². The van der Waals surface area contributed by atoms with Gasteiger partial charge in [-0.15, -0.1) is 0 Å². The van der Waals surface area contributed by atoms with Crippen molar-refractivity contribution in [3.8, 4) is 5.75 Å². The number of carbonyl (C=O) groups is 2. The van der Waals surface area contributed by atoms with E-state index in [1.165, 1.54) is 0 Å². The molecule has 0 aliphatic heterocycles. The number of rotatable bonds is 11. The summed E-state index contributed by atoms with van der Waals surface area (Å²) in [5.74, 6) is -1.16. The van der Waals surface area contributed by atoms with Crippen LogP contribution < -0.4 is 4.74 Å². The molecule has 1 aromatic rings. The van der Waals surface area contributed by atoms with E-state index in [1.54, 1.807) is 21.0 Å². The van der Waals surface area contributed by atoms with Crippen molar-refractivity contribution in [2.24, 2.45) is 5.92 Å². The predicted octanol–water partition coefficient (Wildman–Crippen LogP) is 2.73. The Morgan fingerprint density at radius 2 is 1.58 bits per heavy atom. The van der Waals surface area contributed by atoms with Gasteiger partial charge >= 0.3 is 11.9 Å². The fourth-order valence-corrected chi connectivity index (χ4v) is 2.12. The summed E-state index contributed by atoms with van der Waals surface area (Å²) in [5, 5.41) is 0. The van der Waals surface area contributed by atoms with E-state index in [1.807, 2.05) is 24.3 Å². The quantitative estimate of drug-likeness (QED) is 0.351. The third-order valence-electron chi connectivity index (χ3n) is 3.35. The molecule has 0 spiro atoms. The Kier molecular flexibility index (Phi) is 9.53. The van der Waals surface area contributed by atoms with Crippen LogP contribution in [0.5, 0.6) is 5.75 Å². The predicted molar refractivity (Wildman–Crippen MR) is 88.6 cm³/mol. The Hall–Kier alpha value is -2.08. The Labute approximate surface area is 143 Å². The van der Waals surface area contributed by atoms with Gasteiger partial charge in [0.25, 0.3) is 0 Å². The van der Waals surface area contributed by atoms with E-state index in [0.717, 1.165) is 11.3 Å². The summed E-state index contributed by atoms with van der Waals surface area (Å²) in [6.45, 7) is 4.80. The highest BCUT2D eigenvalue weighted by molar-refractivity contribution is 5.94. The van der Waals surface area contributed by atoms with Crippen LogP contribution in [0.25, 0.3) is 0 Å². The second-order valence-electron chi connectivity index (χ2n) is 5.10. The molecule has 6 nitrogen and oxygen atoms in total. The fraction of sp³-hybridized carbons (Fsp3) is 0.556. The summed E-state index contributed by atoms with van der Waals surface area (Å²) < 4.78 is 20.5. The highest BCUT2D eigenvalue weighted by Gasteiger charge is 2.28. The molecule has 0 fully saturated rings. The molecule has 0 aromatic heterocycles. The molecule has 0 N–H and O–H groups in total. The first kappa shape index (κ1) is 20.0. The lowest BCUT2D eigenvalue weighted by atomic mass is 10.0. The number of hydrogen-bond donors (Lipinski definition) is 0. The number of carbonyl (C=O) groups excluding carboxylic acids is 2. The molecular weight excluding hydrogens is 312 g/mol. The van der Waals surface area contributed by atoms with Gasteiger partial charge < -0.3 is 18.9 Å². The van der Waals surface area contributed by atoms with Crippen LogP contribution in [0.1, 0.15) is 32.3 Å². The van der Waals surface area contributed by atoms with Gasteiger partial charge in [-0.1, -0.05) is 12.1 Å². The third-order valence-corrected chi connectivity index (χ3v) is 3.35. The van der Waals surface area contributed by atoms with E-state index in [9.17, 15) is 9.59 Å². The van der Waals surface area contributed by atoms with Gasteiger partial charge in [0, 0.05) is 6.61 Å². The average molecular weight is 338 g/mol. The zero-order chi connectivity index (χ0) is 17.8. The number of methoxy groups -OCH3 is 1. The van der Waals surface area contributed by atoms with Gasteiger partial charge in [-0.3, -0.25) is 9.59 Å². The lowest BCUT2D eigenvalue weighted by molar-refractivity contribution is -0.162. The van der Waals surface area contributed by atoms with E-state index < -0.39 is 17.9 Å². The maximum atomic E-state index is 11.8. The molecule has 0 aliphatic carbocycles. The van der Waals surface area contributed by atoms with Crippen molar-refractivity contribution in [2.45, 2.75) is 33.3 Å². The summed E-state index contributed by atoms with van der Waals surface area (Å²) in [7, 11) is 1.62. The highest BCUT2D eigenvalue weighted by atomic mass is 16.6. The molecule has 0 unspecified atom stereocenters. The van der Waals surface area contributed by atoms with E-state index >= 15 is 0 Å². The van der Waals surface area contributed by atoms with Gasteiger partial charge in [-0.25, -0.2) is 0 Å². The average Bonchev–Trinajstić information content (AvgIpc) is 2.58. The zero-order valence-electron chi connectivity index (χ0n) is 14.6. The van der Waals surface area contributed by atoms with Crippen LogP contribution in [0.2, 0.25) is 0 Å². The highest BCUT2D eigenvalue weighted by Crippen LogP contribution is 2.14. The summed E-state index contributed by atoms with van der Waals surface area (Å²) >= 11 is 0. The lowest BCUT2D eigenvalue weighted by Crippen LogP contribution is -2.28. The Morgan fingerprint density at radius 3 is 2.08 bits per heavy atom. The van der Waals surface area contributed by atoms with Crippen LogP contribution in [0.3, 0.4) is 0 Å². The number of ether oxygens (including phenoxy) is 4. The summed E-state index contributed by atoms with van der Waals surface area (Å²) in [4.78, 5) is 23.7. The van der Waals surface area contributed by atoms with Crippen molar-refractivity contribution in [1.29, 1.82) is 0 Å². The topological polar surface area (TPSA) is 71.1 Å². The summed E-state index contributed by atoms with van der Waals surface area (Å²) in [6, 6.07) is 7.60. The monoisotopic (exact) mass is 338 g/mol. The van der Waals surface area contributed by atoms with Crippen LogP contribution in [0.15, 0.2) is 24.3 Å². The standard InChI is InChI=1S/C18H26O6/c1-4-23-17(19)16(18(20)24-5-2)7-6-12-22-13-14-8-10-15(21-3)11-9-14/h8-11,16H,4-7,12-13H2,1-3H3. The van der Waals surface area contributed by atoms with Crippen LogP contribution in [0.4, 0.5) is 0 Å². The van der Waals surface area contributed by atoms with E-state index in [-0.39, 0.29) is 13.2 Å². The molecule has 6 heteroatoms. The number of hydrogen-bond acceptors (Lipinski definition) is 6. The lowest BCUT2D eigenvalue weighted by Gasteiger charge is -2.14. The zero-order valence-corrected chi connectivity index (χ0v) is 14.6. The molecule has 1 aromatic carbocycles. The molecule has 0 radical (unpaired) electrons. The largest absolute Gasteiger partial charge is 0.497 e. The van der Waals surface area contributed by atoms with E-state index in [4.69, 9.17) is 18.9 Å². The number of benzene rings is 1. The molecule has 0 atom stereocenters. The van der Waals surface area contributed by atoms with Crippen LogP contribution in [0, 0.1) is 5.92 Å². The van der Waals surface area contributed by atoms with E-state index in [0.29, 0.717) is 26.1 Å². The molecule has 0 saturated carbocycles. The molecule has 134 valence electrons. The van der Waals surface area contributed by atoms with Crippen LogP contribution in [-0.2, 0) is 30.4 Å². The normalized spacial score (nSPS) is 10.5. The van der Waals surface area contributed by atoms with Crippen molar-refractivity contribution < 1.29 is 28.5 Å². The minimum Gasteiger partial charge on any atom is -0.497 e. The van der Waals surface area contributed by atoms with Crippen molar-refractivity contribution in [2.75, 3.05) is 26.9 Å². The van der Waals surface area contributed by atoms with Crippen molar-refractivity contribution >= 4 is 11.9 Å². The third kappa shape index (κ3) is 7.00. The second-order valence-corrected chi connectivity index (χ2v) is 5.10. The maximum absolute atomic E-state index is 11.8. The smallest absolute Gasteiger partial charge is 0.320 e. The van der Waals surface area contributed by atoms with E-state index in [2.05, 4.69) is 0 Å². The molecule has 0 bridgehead atoms. The SMILES string of the molecule is CCOC(=O)C(CCCOCc1ccc(OC)cc1)C(=O)OCC. The molecular formula is C18H26O6. The Morgan fingerprint density at radius 1 is 1.00 bits per heavy atom. The van der Waals surface area contributed by atoms with Gasteiger partial charge in [0.15, 0.2) is 5.92 Å². The fourth-order valence-electron chi connectivity index (χ4n) is 2.12. The first-order chi connectivity index (χ1) is 11.6.